The molecule has 2 unspecified atom stereocenters. The molecule has 0 radical (unpaired) electrons. The van der Waals surface area contributed by atoms with E-state index < -0.39 is 36.6 Å². The van der Waals surface area contributed by atoms with Crippen LogP contribution in [0.1, 0.15) is 27.8 Å². The third kappa shape index (κ3) is 11.9. The summed E-state index contributed by atoms with van der Waals surface area (Å²) in [6, 6.07) is 44.8. The van der Waals surface area contributed by atoms with E-state index in [4.69, 9.17) is 42.6 Å². The number of benzene rings is 5. The van der Waals surface area contributed by atoms with E-state index in [1.165, 1.54) is 0 Å². The van der Waals surface area contributed by atoms with Gasteiger partial charge in [-0.05, 0) is 52.1 Å². The molecule has 0 bridgehead atoms. The Labute approximate surface area is 323 Å². The third-order valence-corrected chi connectivity index (χ3v) is 9.37. The molecule has 1 N–H and O–H groups in total. The largest absolute Gasteiger partial charge is 0.497 e. The summed E-state index contributed by atoms with van der Waals surface area (Å²) < 4.78 is 55.6. The number of hydrogen-bond donors (Lipinski definition) is 1. The predicted octanol–water partition coefficient (Wildman–Crippen LogP) is 7.25. The minimum atomic E-state index is -1.22. The Morgan fingerprint density at radius 1 is 0.364 bits per heavy atom. The zero-order valence-corrected chi connectivity index (χ0v) is 31.3. The second-order valence-corrected chi connectivity index (χ2v) is 13.2. The van der Waals surface area contributed by atoms with E-state index in [0.29, 0.717) is 13.2 Å². The Kier molecular flexibility index (Phi) is 15.6. The Balaban J connectivity index is 1.29. The summed E-state index contributed by atoms with van der Waals surface area (Å²) in [7, 11) is 3.26. The molecule has 290 valence electrons. The van der Waals surface area contributed by atoms with Crippen molar-refractivity contribution in [2.45, 2.75) is 69.7 Å². The van der Waals surface area contributed by atoms with Crippen molar-refractivity contribution in [3.63, 3.8) is 0 Å². The lowest BCUT2D eigenvalue weighted by molar-refractivity contribution is -0.299. The molecule has 0 saturated heterocycles. The van der Waals surface area contributed by atoms with Gasteiger partial charge in [0.25, 0.3) is 0 Å². The summed E-state index contributed by atoms with van der Waals surface area (Å²) >= 11 is 0. The second-order valence-electron chi connectivity index (χ2n) is 13.2. The summed E-state index contributed by atoms with van der Waals surface area (Å²) in [4.78, 5) is 0. The molecule has 0 aliphatic heterocycles. The molecule has 0 amide bonds. The monoisotopic (exact) mass is 750 g/mol. The van der Waals surface area contributed by atoms with E-state index in [0.717, 1.165) is 39.3 Å². The molecule has 5 aromatic rings. The van der Waals surface area contributed by atoms with E-state index in [1.807, 2.05) is 140 Å². The minimum Gasteiger partial charge on any atom is -0.497 e. The first-order valence-corrected chi connectivity index (χ1v) is 18.4. The van der Waals surface area contributed by atoms with Gasteiger partial charge in [0.15, 0.2) is 0 Å². The molecule has 1 aliphatic carbocycles. The number of hydrogen-bond acceptors (Lipinski definition) is 10. The molecule has 0 heterocycles. The lowest BCUT2D eigenvalue weighted by Crippen LogP contribution is -2.67. The maximum Gasteiger partial charge on any atom is 0.147 e. The molecule has 0 spiro atoms. The molecule has 10 heteroatoms. The van der Waals surface area contributed by atoms with Gasteiger partial charge in [0, 0.05) is 0 Å². The summed E-state index contributed by atoms with van der Waals surface area (Å²) in [5.41, 5.74) is 4.76. The van der Waals surface area contributed by atoms with E-state index in [1.54, 1.807) is 14.2 Å². The highest BCUT2D eigenvalue weighted by atomic mass is 16.7. The fraction of sp³-hybridized carbons (Fsp3) is 0.333. The van der Waals surface area contributed by atoms with Gasteiger partial charge < -0.3 is 47.7 Å². The van der Waals surface area contributed by atoms with Crippen LogP contribution >= 0.6 is 0 Å². The van der Waals surface area contributed by atoms with Gasteiger partial charge in [-0.2, -0.15) is 0 Å². The van der Waals surface area contributed by atoms with Crippen LogP contribution in [-0.4, -0.2) is 69.5 Å². The number of methoxy groups -OCH3 is 2. The molecule has 55 heavy (non-hydrogen) atoms. The lowest BCUT2D eigenvalue weighted by Gasteiger charge is -2.48. The molecule has 6 rings (SSSR count). The number of ether oxygens (including phenoxy) is 9. The van der Waals surface area contributed by atoms with Crippen molar-refractivity contribution in [2.24, 2.45) is 0 Å². The van der Waals surface area contributed by atoms with Crippen LogP contribution in [0.4, 0.5) is 0 Å². The van der Waals surface area contributed by atoms with Crippen LogP contribution in [-0.2, 0) is 66.2 Å². The van der Waals surface area contributed by atoms with Crippen molar-refractivity contribution < 1.29 is 47.7 Å². The maximum atomic E-state index is 12.2. The number of aliphatic hydroxyl groups excluding tert-OH is 1. The molecule has 1 fully saturated rings. The van der Waals surface area contributed by atoms with Crippen molar-refractivity contribution >= 4 is 0 Å². The highest BCUT2D eigenvalue weighted by Gasteiger charge is 2.54. The minimum absolute atomic E-state index is 0.112. The van der Waals surface area contributed by atoms with Gasteiger partial charge in [-0.1, -0.05) is 115 Å². The Morgan fingerprint density at radius 2 is 0.673 bits per heavy atom. The summed E-state index contributed by atoms with van der Waals surface area (Å²) in [6.45, 7) is 1.09. The molecule has 10 nitrogen and oxygen atoms in total. The average molecular weight is 751 g/mol. The first-order chi connectivity index (χ1) is 27.1. The Bertz CT molecular complexity index is 1660. The molecule has 0 aromatic heterocycles. The number of rotatable bonds is 21. The standard InChI is InChI=1S/C45H50O10/c1-47-38-22-18-36(19-23-38)29-51-43-41(54-31-49-26-33-12-6-3-7-13-33)40(46)42(55-32-50-27-34-14-8-4-9-15-34)44(45(43)53-28-35-16-10-5-11-17-35)52-30-37-20-24-39(48-2)25-21-37/h3-25,40-46H,26-32H2,1-2H3/t40?,41-,42-,43-,44+,45?/m0/s1. The maximum absolute atomic E-state index is 12.2. The zero-order valence-electron chi connectivity index (χ0n) is 31.3. The predicted molar refractivity (Wildman–Crippen MR) is 206 cm³/mol. The molecule has 1 saturated carbocycles. The SMILES string of the molecule is COc1ccc(CO[C@@H]2C(OCc3ccccc3)[C@H](OCc3ccc(OC)cc3)[C@@H](OCOCc3ccccc3)C(O)[C@@H]2OCOCc2ccccc2)cc1. The molecular weight excluding hydrogens is 700 g/mol. The van der Waals surface area contributed by atoms with E-state index in [-0.39, 0.29) is 33.4 Å². The molecule has 1 aliphatic rings. The van der Waals surface area contributed by atoms with Gasteiger partial charge in [-0.15, -0.1) is 0 Å². The van der Waals surface area contributed by atoms with Crippen molar-refractivity contribution in [2.75, 3.05) is 27.8 Å². The van der Waals surface area contributed by atoms with Crippen LogP contribution in [0.2, 0.25) is 0 Å². The quantitative estimate of drug-likeness (QED) is 0.0610. The van der Waals surface area contributed by atoms with E-state index in [9.17, 15) is 5.11 Å². The fourth-order valence-electron chi connectivity index (χ4n) is 6.41. The van der Waals surface area contributed by atoms with Gasteiger partial charge in [0.05, 0.1) is 47.3 Å². The Morgan fingerprint density at radius 3 is 1.02 bits per heavy atom. The van der Waals surface area contributed by atoms with Crippen molar-refractivity contribution in [3.8, 4) is 11.5 Å². The summed E-state index contributed by atoms with van der Waals surface area (Å²) in [5, 5.41) is 12.2. The summed E-state index contributed by atoms with van der Waals surface area (Å²) in [5.74, 6) is 1.47. The molecule has 6 atom stereocenters. The van der Waals surface area contributed by atoms with Crippen molar-refractivity contribution in [1.82, 2.24) is 0 Å². The normalized spacial score (nSPS) is 20.9. The highest BCUT2D eigenvalue weighted by molar-refractivity contribution is 5.28. The zero-order chi connectivity index (χ0) is 38.1. The number of aliphatic hydroxyl groups is 1. The van der Waals surface area contributed by atoms with Crippen molar-refractivity contribution in [3.05, 3.63) is 167 Å². The topological polar surface area (TPSA) is 103 Å². The lowest BCUT2D eigenvalue weighted by atomic mass is 9.84. The van der Waals surface area contributed by atoms with Gasteiger partial charge in [0.2, 0.25) is 0 Å². The van der Waals surface area contributed by atoms with Crippen molar-refractivity contribution in [1.29, 1.82) is 0 Å². The summed E-state index contributed by atoms with van der Waals surface area (Å²) in [6.07, 6.45) is -5.49. The fourth-order valence-corrected chi connectivity index (χ4v) is 6.41. The van der Waals surface area contributed by atoms with Crippen LogP contribution in [0.25, 0.3) is 0 Å². The van der Waals surface area contributed by atoms with E-state index in [2.05, 4.69) is 0 Å². The molecule has 5 aromatic carbocycles. The van der Waals surface area contributed by atoms with Gasteiger partial charge in [0.1, 0.15) is 61.7 Å². The van der Waals surface area contributed by atoms with Crippen LogP contribution in [0, 0.1) is 0 Å². The van der Waals surface area contributed by atoms with Gasteiger partial charge >= 0.3 is 0 Å². The first kappa shape index (κ1) is 40.1. The molecular formula is C45H50O10. The Hall–Kier alpha value is -4.62. The van der Waals surface area contributed by atoms with Crippen LogP contribution < -0.4 is 9.47 Å². The highest BCUT2D eigenvalue weighted by Crippen LogP contribution is 2.34. The first-order valence-electron chi connectivity index (χ1n) is 18.4. The van der Waals surface area contributed by atoms with Gasteiger partial charge in [-0.3, -0.25) is 0 Å². The smallest absolute Gasteiger partial charge is 0.147 e. The van der Waals surface area contributed by atoms with Gasteiger partial charge in [-0.25, -0.2) is 0 Å². The van der Waals surface area contributed by atoms with Crippen LogP contribution in [0.3, 0.4) is 0 Å². The van der Waals surface area contributed by atoms with Crippen LogP contribution in [0.5, 0.6) is 11.5 Å². The second kappa shape index (κ2) is 21.5. The average Bonchev–Trinajstić information content (AvgIpc) is 3.24. The van der Waals surface area contributed by atoms with Crippen LogP contribution in [0.15, 0.2) is 140 Å². The van der Waals surface area contributed by atoms with E-state index >= 15 is 0 Å². The third-order valence-electron chi connectivity index (χ3n) is 9.37.